The molecule has 0 aliphatic carbocycles. The Bertz CT molecular complexity index is 543. The van der Waals surface area contributed by atoms with Crippen molar-refractivity contribution in [2.45, 2.75) is 18.4 Å². The number of hydrogen-bond donors (Lipinski definition) is 0. The number of methoxy groups -OCH3 is 1. The predicted octanol–water partition coefficient (Wildman–Crippen LogP) is 3.52. The number of esters is 1. The van der Waals surface area contributed by atoms with Crippen molar-refractivity contribution in [3.63, 3.8) is 0 Å². The second-order valence-electron chi connectivity index (χ2n) is 3.50. The van der Waals surface area contributed by atoms with Crippen LogP contribution in [0.1, 0.15) is 21.6 Å². The number of halogens is 7. The van der Waals surface area contributed by atoms with Crippen LogP contribution >= 0.6 is 11.6 Å². The lowest BCUT2D eigenvalue weighted by molar-refractivity contribution is -0.276. The molecule has 118 valence electrons. The van der Waals surface area contributed by atoms with Gasteiger partial charge in [-0.25, -0.2) is 9.78 Å². The molecule has 0 radical (unpaired) electrons. The number of nitrogens with zero attached hydrogens (tertiary/aromatic N) is 1. The molecule has 0 saturated heterocycles. The van der Waals surface area contributed by atoms with Crippen LogP contribution in [0, 0.1) is 0 Å². The summed E-state index contributed by atoms with van der Waals surface area (Å²) in [4.78, 5) is 14.1. The number of hydrogen-bond acceptors (Lipinski definition) is 4. The third-order valence-electron chi connectivity index (χ3n) is 2.16. The number of carbonyl (C=O) groups is 1. The molecule has 0 unspecified atom stereocenters. The van der Waals surface area contributed by atoms with Crippen molar-refractivity contribution in [1.82, 2.24) is 4.98 Å². The average Bonchev–Trinajstić information content (AvgIpc) is 2.33. The molecule has 0 fully saturated rings. The van der Waals surface area contributed by atoms with Gasteiger partial charge in [0.05, 0.1) is 18.6 Å². The molecule has 0 aromatic carbocycles. The first-order valence-electron chi connectivity index (χ1n) is 5.00. The SMILES string of the molecule is COC(=O)c1cnc(C(F)(F)F)c(OC(F)(F)F)c1CCl. The first-order chi connectivity index (χ1) is 9.51. The Labute approximate surface area is 118 Å². The molecular weight excluding hydrogens is 332 g/mol. The van der Waals surface area contributed by atoms with Crippen molar-refractivity contribution in [2.75, 3.05) is 7.11 Å². The summed E-state index contributed by atoms with van der Waals surface area (Å²) in [6, 6.07) is 0. The second kappa shape index (κ2) is 5.96. The molecule has 1 aromatic rings. The van der Waals surface area contributed by atoms with E-state index in [4.69, 9.17) is 11.6 Å². The first kappa shape index (κ1) is 17.3. The van der Waals surface area contributed by atoms with Crippen LogP contribution in [0.4, 0.5) is 26.3 Å². The van der Waals surface area contributed by atoms with Crippen LogP contribution in [0.5, 0.6) is 5.75 Å². The maximum Gasteiger partial charge on any atom is 0.573 e. The fourth-order valence-electron chi connectivity index (χ4n) is 1.38. The minimum absolute atomic E-state index is 0.426. The molecule has 0 saturated carbocycles. The lowest BCUT2D eigenvalue weighted by Crippen LogP contribution is -2.23. The Morgan fingerprint density at radius 2 is 1.86 bits per heavy atom. The van der Waals surface area contributed by atoms with E-state index in [1.165, 1.54) is 0 Å². The Kier molecular flexibility index (Phi) is 4.92. The molecule has 21 heavy (non-hydrogen) atoms. The number of pyridine rings is 1. The van der Waals surface area contributed by atoms with Gasteiger partial charge >= 0.3 is 18.5 Å². The molecule has 1 rings (SSSR count). The summed E-state index contributed by atoms with van der Waals surface area (Å²) >= 11 is 5.34. The highest BCUT2D eigenvalue weighted by Crippen LogP contribution is 2.40. The van der Waals surface area contributed by atoms with E-state index in [0.717, 1.165) is 7.11 Å². The zero-order chi connectivity index (χ0) is 16.4. The number of aromatic nitrogens is 1. The van der Waals surface area contributed by atoms with Crippen LogP contribution in [-0.4, -0.2) is 24.4 Å². The Hall–Kier alpha value is -1.71. The first-order valence-corrected chi connectivity index (χ1v) is 5.53. The summed E-state index contributed by atoms with van der Waals surface area (Å²) in [7, 11) is 0.891. The van der Waals surface area contributed by atoms with Crippen LogP contribution in [0.3, 0.4) is 0 Å². The highest BCUT2D eigenvalue weighted by molar-refractivity contribution is 6.18. The quantitative estimate of drug-likeness (QED) is 0.481. The van der Waals surface area contributed by atoms with Crippen molar-refractivity contribution in [3.05, 3.63) is 23.0 Å². The molecule has 0 N–H and O–H groups in total. The Balaban J connectivity index is 3.60. The average molecular weight is 338 g/mol. The number of rotatable bonds is 3. The van der Waals surface area contributed by atoms with E-state index in [1.807, 2.05) is 0 Å². The van der Waals surface area contributed by atoms with Gasteiger partial charge in [0.1, 0.15) is 0 Å². The van der Waals surface area contributed by atoms with Gasteiger partial charge in [0, 0.05) is 11.8 Å². The van der Waals surface area contributed by atoms with Crippen LogP contribution in [0.25, 0.3) is 0 Å². The predicted molar refractivity (Wildman–Crippen MR) is 56.8 cm³/mol. The minimum Gasteiger partial charge on any atom is -0.465 e. The highest BCUT2D eigenvalue weighted by Gasteiger charge is 2.43. The van der Waals surface area contributed by atoms with Crippen LogP contribution in [-0.2, 0) is 16.8 Å². The topological polar surface area (TPSA) is 48.4 Å². The van der Waals surface area contributed by atoms with Crippen molar-refractivity contribution in [1.29, 1.82) is 0 Å². The lowest BCUT2D eigenvalue weighted by atomic mass is 10.1. The normalized spacial score (nSPS) is 12.2. The molecule has 0 spiro atoms. The van der Waals surface area contributed by atoms with Gasteiger partial charge in [-0.2, -0.15) is 13.2 Å². The van der Waals surface area contributed by atoms with Crippen LogP contribution in [0.15, 0.2) is 6.20 Å². The molecule has 0 atom stereocenters. The van der Waals surface area contributed by atoms with E-state index in [9.17, 15) is 31.1 Å². The van der Waals surface area contributed by atoms with E-state index in [2.05, 4.69) is 14.5 Å². The number of carbonyl (C=O) groups excluding carboxylic acids is 1. The lowest BCUT2D eigenvalue weighted by Gasteiger charge is -2.18. The maximum absolute atomic E-state index is 12.7. The van der Waals surface area contributed by atoms with Crippen molar-refractivity contribution < 1.29 is 40.6 Å². The van der Waals surface area contributed by atoms with E-state index >= 15 is 0 Å². The molecule has 0 amide bonds. The summed E-state index contributed by atoms with van der Waals surface area (Å²) in [6.45, 7) is 0. The van der Waals surface area contributed by atoms with E-state index in [1.54, 1.807) is 0 Å². The molecule has 4 nitrogen and oxygen atoms in total. The number of ether oxygens (including phenoxy) is 2. The van der Waals surface area contributed by atoms with Crippen molar-refractivity contribution in [2.24, 2.45) is 0 Å². The van der Waals surface area contributed by atoms with Gasteiger partial charge < -0.3 is 9.47 Å². The third kappa shape index (κ3) is 4.13. The zero-order valence-corrected chi connectivity index (χ0v) is 10.9. The Morgan fingerprint density at radius 3 is 2.24 bits per heavy atom. The molecule has 11 heteroatoms. The summed E-state index contributed by atoms with van der Waals surface area (Å²) in [6.07, 6.45) is -10.2. The van der Waals surface area contributed by atoms with Gasteiger partial charge in [-0.1, -0.05) is 0 Å². The van der Waals surface area contributed by atoms with Crippen molar-refractivity contribution in [3.8, 4) is 5.75 Å². The fraction of sp³-hybridized carbons (Fsp3) is 0.400. The van der Waals surface area contributed by atoms with Gasteiger partial charge in [0.2, 0.25) is 0 Å². The van der Waals surface area contributed by atoms with Gasteiger partial charge in [-0.05, 0) is 0 Å². The van der Waals surface area contributed by atoms with Crippen LogP contribution < -0.4 is 4.74 Å². The van der Waals surface area contributed by atoms with Crippen LogP contribution in [0.2, 0.25) is 0 Å². The van der Waals surface area contributed by atoms with Gasteiger partial charge in [0.15, 0.2) is 11.4 Å². The molecular formula is C10H6ClF6NO3. The van der Waals surface area contributed by atoms with Gasteiger partial charge in [-0.3, -0.25) is 0 Å². The Morgan fingerprint density at radius 1 is 1.29 bits per heavy atom. The van der Waals surface area contributed by atoms with E-state index in [0.29, 0.717) is 6.20 Å². The largest absolute Gasteiger partial charge is 0.573 e. The number of alkyl halides is 7. The molecule has 0 bridgehead atoms. The molecule has 1 heterocycles. The smallest absolute Gasteiger partial charge is 0.465 e. The van der Waals surface area contributed by atoms with Gasteiger partial charge in [0.25, 0.3) is 0 Å². The summed E-state index contributed by atoms with van der Waals surface area (Å²) in [5, 5.41) is 0. The summed E-state index contributed by atoms with van der Waals surface area (Å²) < 4.78 is 82.4. The summed E-state index contributed by atoms with van der Waals surface area (Å²) in [5.41, 5.74) is -3.41. The third-order valence-corrected chi connectivity index (χ3v) is 2.43. The highest BCUT2D eigenvalue weighted by atomic mass is 35.5. The summed E-state index contributed by atoms with van der Waals surface area (Å²) in [5.74, 6) is -3.71. The maximum atomic E-state index is 12.7. The minimum atomic E-state index is -5.42. The monoisotopic (exact) mass is 337 g/mol. The fourth-order valence-corrected chi connectivity index (χ4v) is 1.64. The van der Waals surface area contributed by atoms with E-state index in [-0.39, 0.29) is 0 Å². The zero-order valence-electron chi connectivity index (χ0n) is 10.1. The van der Waals surface area contributed by atoms with Gasteiger partial charge in [-0.15, -0.1) is 24.8 Å². The van der Waals surface area contributed by atoms with E-state index < -0.39 is 47.0 Å². The van der Waals surface area contributed by atoms with Crippen molar-refractivity contribution >= 4 is 17.6 Å². The second-order valence-corrected chi connectivity index (χ2v) is 3.77. The molecule has 0 aliphatic heterocycles. The molecule has 0 aliphatic rings. The molecule has 1 aromatic heterocycles. The standard InChI is InChI=1S/C10H6ClF6NO3/c1-20-8(19)5-3-18-7(9(12,13)14)6(4(5)2-11)21-10(15,16)17/h3H,2H2,1H3.